The van der Waals surface area contributed by atoms with Crippen LogP contribution in [0.25, 0.3) is 10.8 Å². The molecule has 0 saturated carbocycles. The third-order valence-electron chi connectivity index (χ3n) is 6.03. The summed E-state index contributed by atoms with van der Waals surface area (Å²) in [6.07, 6.45) is 0.145. The number of ether oxygens (including phenoxy) is 2. The van der Waals surface area contributed by atoms with Gasteiger partial charge in [-0.25, -0.2) is 14.6 Å². The van der Waals surface area contributed by atoms with Gasteiger partial charge in [0.15, 0.2) is 5.69 Å². The SMILES string of the molecule is CN(C[C@H](c1ccc2ccccc2c1)[C@H](OCc1nc(C(=O)O)co1)c1ccccc1)C(=O)OC(C)(C)C. The van der Waals surface area contributed by atoms with Gasteiger partial charge in [-0.15, -0.1) is 0 Å². The number of amides is 1. The Bertz CT molecular complexity index is 1390. The number of carbonyl (C=O) groups is 2. The van der Waals surface area contributed by atoms with Gasteiger partial charge in [0.25, 0.3) is 0 Å². The van der Waals surface area contributed by atoms with Gasteiger partial charge in [-0.2, -0.15) is 0 Å². The molecule has 198 valence electrons. The first kappa shape index (κ1) is 26.9. The van der Waals surface area contributed by atoms with Crippen LogP contribution in [0.3, 0.4) is 0 Å². The van der Waals surface area contributed by atoms with E-state index >= 15 is 0 Å². The molecule has 4 aromatic rings. The summed E-state index contributed by atoms with van der Waals surface area (Å²) in [6.45, 7) is 5.75. The maximum atomic E-state index is 12.9. The summed E-state index contributed by atoms with van der Waals surface area (Å²) in [5.74, 6) is -1.32. The van der Waals surface area contributed by atoms with Crippen molar-refractivity contribution in [1.29, 1.82) is 0 Å². The predicted octanol–water partition coefficient (Wildman–Crippen LogP) is 6.43. The Morgan fingerprint density at radius 2 is 1.66 bits per heavy atom. The number of likely N-dealkylation sites (N-methyl/N-ethyl adjacent to an activating group) is 1. The minimum Gasteiger partial charge on any atom is -0.476 e. The van der Waals surface area contributed by atoms with Crippen molar-refractivity contribution < 1.29 is 28.6 Å². The number of carbonyl (C=O) groups excluding carboxylic acids is 1. The van der Waals surface area contributed by atoms with Crippen molar-refractivity contribution in [2.75, 3.05) is 13.6 Å². The highest BCUT2D eigenvalue weighted by Gasteiger charge is 2.31. The second-order valence-corrected chi connectivity index (χ2v) is 10.1. The smallest absolute Gasteiger partial charge is 0.410 e. The van der Waals surface area contributed by atoms with E-state index < -0.39 is 23.8 Å². The van der Waals surface area contributed by atoms with E-state index in [0.29, 0.717) is 6.54 Å². The molecule has 8 heteroatoms. The van der Waals surface area contributed by atoms with Crippen LogP contribution in [0, 0.1) is 0 Å². The third-order valence-corrected chi connectivity index (χ3v) is 6.03. The van der Waals surface area contributed by atoms with Crippen LogP contribution in [-0.2, 0) is 16.1 Å². The van der Waals surface area contributed by atoms with Crippen molar-refractivity contribution in [3.8, 4) is 0 Å². The third kappa shape index (κ3) is 6.77. The standard InChI is InChI=1S/C30H32N2O6/c1-30(2,3)38-29(35)32(4)17-24(23-15-14-20-10-8-9-13-22(20)16-23)27(21-11-6-5-7-12-21)37-19-26-31-25(18-36-26)28(33)34/h5-16,18,24,27H,17,19H2,1-4H3,(H,33,34)/t24-,27-/m1/s1. The van der Waals surface area contributed by atoms with Gasteiger partial charge in [0, 0.05) is 19.5 Å². The molecule has 38 heavy (non-hydrogen) atoms. The van der Waals surface area contributed by atoms with Crippen molar-refractivity contribution >= 4 is 22.8 Å². The van der Waals surface area contributed by atoms with E-state index in [1.807, 2.05) is 75.4 Å². The molecule has 1 amide bonds. The average Bonchev–Trinajstić information content (AvgIpc) is 3.37. The van der Waals surface area contributed by atoms with Crippen LogP contribution in [0.15, 0.2) is 83.5 Å². The van der Waals surface area contributed by atoms with Gasteiger partial charge < -0.3 is 23.9 Å². The Morgan fingerprint density at radius 1 is 0.974 bits per heavy atom. The van der Waals surface area contributed by atoms with Gasteiger partial charge in [0.1, 0.15) is 18.5 Å². The predicted molar refractivity (Wildman–Crippen MR) is 143 cm³/mol. The van der Waals surface area contributed by atoms with Crippen LogP contribution in [0.1, 0.15) is 60.3 Å². The number of aromatic nitrogens is 1. The van der Waals surface area contributed by atoms with Crippen LogP contribution >= 0.6 is 0 Å². The molecule has 4 rings (SSSR count). The lowest BCUT2D eigenvalue weighted by Gasteiger charge is -2.32. The van der Waals surface area contributed by atoms with E-state index in [1.165, 1.54) is 0 Å². The maximum absolute atomic E-state index is 12.9. The summed E-state index contributed by atoms with van der Waals surface area (Å²) in [5, 5.41) is 11.4. The highest BCUT2D eigenvalue weighted by molar-refractivity contribution is 5.84. The highest BCUT2D eigenvalue weighted by Crippen LogP contribution is 2.37. The fourth-order valence-electron chi connectivity index (χ4n) is 4.25. The molecule has 2 atom stereocenters. The number of carboxylic acid groups (broad SMARTS) is 1. The number of benzene rings is 3. The number of rotatable bonds is 9. The van der Waals surface area contributed by atoms with Crippen molar-refractivity contribution in [1.82, 2.24) is 9.88 Å². The molecule has 1 aromatic heterocycles. The van der Waals surface area contributed by atoms with Gasteiger partial charge in [0.05, 0.1) is 6.10 Å². The quantitative estimate of drug-likeness (QED) is 0.273. The molecule has 3 aromatic carbocycles. The highest BCUT2D eigenvalue weighted by atomic mass is 16.6. The van der Waals surface area contributed by atoms with E-state index in [2.05, 4.69) is 23.2 Å². The number of nitrogens with zero attached hydrogens (tertiary/aromatic N) is 2. The number of hydrogen-bond donors (Lipinski definition) is 1. The van der Waals surface area contributed by atoms with Crippen LogP contribution in [0.5, 0.6) is 0 Å². The molecule has 0 saturated heterocycles. The topological polar surface area (TPSA) is 102 Å². The van der Waals surface area contributed by atoms with Crippen LogP contribution in [0.2, 0.25) is 0 Å². The fourth-order valence-corrected chi connectivity index (χ4v) is 4.25. The minimum atomic E-state index is -1.17. The Kier molecular flexibility index (Phi) is 8.12. The first-order valence-electron chi connectivity index (χ1n) is 12.4. The lowest BCUT2D eigenvalue weighted by Crippen LogP contribution is -2.38. The van der Waals surface area contributed by atoms with Crippen LogP contribution in [-0.4, -0.2) is 46.2 Å². The first-order chi connectivity index (χ1) is 18.1. The molecule has 0 aliphatic carbocycles. The summed E-state index contributed by atoms with van der Waals surface area (Å²) in [4.78, 5) is 29.7. The second-order valence-electron chi connectivity index (χ2n) is 10.1. The summed E-state index contributed by atoms with van der Waals surface area (Å²) in [7, 11) is 1.71. The number of oxazole rings is 1. The molecule has 0 spiro atoms. The van der Waals surface area contributed by atoms with E-state index in [-0.39, 0.29) is 24.1 Å². The fraction of sp³-hybridized carbons (Fsp3) is 0.300. The monoisotopic (exact) mass is 516 g/mol. The number of aromatic carboxylic acids is 1. The zero-order chi connectivity index (χ0) is 27.3. The molecule has 0 unspecified atom stereocenters. The Balaban J connectivity index is 1.72. The van der Waals surface area contributed by atoms with Crippen molar-refractivity contribution in [2.45, 2.75) is 45.0 Å². The Labute approximate surface area is 221 Å². The maximum Gasteiger partial charge on any atom is 0.410 e. The number of hydrogen-bond acceptors (Lipinski definition) is 6. The molecule has 1 N–H and O–H groups in total. The minimum absolute atomic E-state index is 0.0485. The van der Waals surface area contributed by atoms with Crippen molar-refractivity contribution in [2.24, 2.45) is 0 Å². The van der Waals surface area contributed by atoms with Gasteiger partial charge in [-0.1, -0.05) is 72.8 Å². The van der Waals surface area contributed by atoms with E-state index in [9.17, 15) is 14.7 Å². The summed E-state index contributed by atoms with van der Waals surface area (Å²) < 4.78 is 17.3. The lowest BCUT2D eigenvalue weighted by molar-refractivity contribution is -0.00366. The zero-order valence-electron chi connectivity index (χ0n) is 22.0. The molecule has 0 aliphatic rings. The zero-order valence-corrected chi connectivity index (χ0v) is 22.0. The number of carboxylic acids is 1. The first-order valence-corrected chi connectivity index (χ1v) is 12.4. The molecule has 0 radical (unpaired) electrons. The van der Waals surface area contributed by atoms with Gasteiger partial charge in [-0.3, -0.25) is 0 Å². The number of fused-ring (bicyclic) bond motifs is 1. The second kappa shape index (κ2) is 11.5. The average molecular weight is 517 g/mol. The molecule has 1 heterocycles. The lowest BCUT2D eigenvalue weighted by atomic mass is 9.87. The van der Waals surface area contributed by atoms with E-state index in [4.69, 9.17) is 13.9 Å². The largest absolute Gasteiger partial charge is 0.476 e. The van der Waals surface area contributed by atoms with Gasteiger partial charge >= 0.3 is 12.1 Å². The Morgan fingerprint density at radius 3 is 2.32 bits per heavy atom. The van der Waals surface area contributed by atoms with E-state index in [0.717, 1.165) is 28.2 Å². The van der Waals surface area contributed by atoms with Crippen LogP contribution < -0.4 is 0 Å². The van der Waals surface area contributed by atoms with Crippen LogP contribution in [0.4, 0.5) is 4.79 Å². The summed E-state index contributed by atoms with van der Waals surface area (Å²) >= 11 is 0. The molecule has 0 bridgehead atoms. The molecular formula is C30H32N2O6. The normalized spacial score (nSPS) is 13.2. The molecule has 8 nitrogen and oxygen atoms in total. The van der Waals surface area contributed by atoms with Gasteiger partial charge in [0.2, 0.25) is 5.89 Å². The van der Waals surface area contributed by atoms with Crippen molar-refractivity contribution in [3.63, 3.8) is 0 Å². The molecule has 0 aliphatic heterocycles. The summed E-state index contributed by atoms with van der Waals surface area (Å²) in [5.41, 5.74) is 1.06. The van der Waals surface area contributed by atoms with Gasteiger partial charge in [-0.05, 0) is 42.7 Å². The Hall–Kier alpha value is -4.17. The molecule has 0 fully saturated rings. The van der Waals surface area contributed by atoms with Crippen molar-refractivity contribution in [3.05, 3.63) is 102 Å². The molecular weight excluding hydrogens is 484 g/mol. The van der Waals surface area contributed by atoms with E-state index in [1.54, 1.807) is 11.9 Å². The summed E-state index contributed by atoms with van der Waals surface area (Å²) in [6, 6.07) is 24.0.